The van der Waals surface area contributed by atoms with E-state index in [0.29, 0.717) is 0 Å². The maximum Gasteiger partial charge on any atom is 0.352 e. The molecule has 3 heterocycles. The number of nitrogens with one attached hydrogen (secondary N) is 2. The number of carbonyl (C=O) groups excluding carboxylic acids is 6. The summed E-state index contributed by atoms with van der Waals surface area (Å²) in [5.74, 6) is -8.36. The third kappa shape index (κ3) is 8.17. The second kappa shape index (κ2) is 15.9. The van der Waals surface area contributed by atoms with Crippen LogP contribution in [0.15, 0.2) is 63.1 Å². The number of carboxylic acids is 2. The molecule has 0 saturated carbocycles. The van der Waals surface area contributed by atoms with E-state index in [1.165, 1.54) is 24.3 Å². The fourth-order valence-corrected chi connectivity index (χ4v) is 6.75. The number of amides is 3. The van der Waals surface area contributed by atoms with Crippen molar-refractivity contribution in [2.24, 2.45) is 0 Å². The zero-order valence-corrected chi connectivity index (χ0v) is 29.2. The summed E-state index contributed by atoms with van der Waals surface area (Å²) in [6.07, 6.45) is 0.738. The first kappa shape index (κ1) is 38.5. The highest BCUT2D eigenvalue weighted by molar-refractivity contribution is 8.00. The summed E-state index contributed by atoms with van der Waals surface area (Å²) in [6, 6.07) is 4.71. The molecule has 0 radical (unpaired) electrons. The summed E-state index contributed by atoms with van der Waals surface area (Å²) in [5.41, 5.74) is -2.01. The van der Waals surface area contributed by atoms with Crippen molar-refractivity contribution < 1.29 is 71.9 Å². The molecule has 3 atom stereocenters. The van der Waals surface area contributed by atoms with Gasteiger partial charge in [0.1, 0.15) is 47.3 Å². The number of β-lactam (4-membered cyclic amide) rings is 1. The largest absolute Gasteiger partial charge is 0.482 e. The van der Waals surface area contributed by atoms with Gasteiger partial charge in [-0.3, -0.25) is 38.5 Å². The van der Waals surface area contributed by atoms with Crippen molar-refractivity contribution in [2.75, 3.05) is 19.0 Å². The van der Waals surface area contributed by atoms with Gasteiger partial charge in [0, 0.05) is 32.1 Å². The lowest BCUT2D eigenvalue weighted by atomic mass is 10.0. The van der Waals surface area contributed by atoms with Crippen molar-refractivity contribution in [3.05, 3.63) is 75.3 Å². The van der Waals surface area contributed by atoms with E-state index >= 15 is 0 Å². The number of hydrogen-bond acceptors (Lipinski definition) is 15. The fraction of sp³-hybridized carbons (Fsp3) is 0.265. The molecule has 1 saturated heterocycles. The first-order valence-electron chi connectivity index (χ1n) is 15.6. The van der Waals surface area contributed by atoms with Gasteiger partial charge in [-0.05, 0) is 29.8 Å². The molecular weight excluding hydrogens is 738 g/mol. The van der Waals surface area contributed by atoms with E-state index in [1.54, 1.807) is 0 Å². The van der Waals surface area contributed by atoms with Crippen LogP contribution < -0.4 is 30.3 Å². The first-order chi connectivity index (χ1) is 25.6. The summed E-state index contributed by atoms with van der Waals surface area (Å²) in [5, 5.41) is 22.6. The summed E-state index contributed by atoms with van der Waals surface area (Å²) in [4.78, 5) is 113. The molecule has 2 aliphatic rings. The predicted molar refractivity (Wildman–Crippen MR) is 181 cm³/mol. The van der Waals surface area contributed by atoms with Gasteiger partial charge in [0.15, 0.2) is 17.9 Å². The lowest BCUT2D eigenvalue weighted by molar-refractivity contribution is -0.151. The number of nitrogens with zero attached hydrogens (tertiary/aromatic N) is 1. The van der Waals surface area contributed by atoms with E-state index in [9.17, 15) is 48.3 Å². The number of ether oxygens (including phenoxy) is 4. The highest BCUT2D eigenvalue weighted by Gasteiger charge is 2.54. The summed E-state index contributed by atoms with van der Waals surface area (Å²) < 4.78 is 25.7. The van der Waals surface area contributed by atoms with Gasteiger partial charge < -0.3 is 44.2 Å². The highest BCUT2D eigenvalue weighted by Crippen LogP contribution is 2.41. The molecule has 3 aromatic rings. The van der Waals surface area contributed by atoms with Crippen LogP contribution in [-0.2, 0) is 38.3 Å². The monoisotopic (exact) mass is 767 g/mol. The molecule has 3 amide bonds. The molecule has 54 heavy (non-hydrogen) atoms. The molecule has 20 heteroatoms. The Balaban J connectivity index is 1.45. The third-order valence-corrected chi connectivity index (χ3v) is 9.05. The second-order valence-corrected chi connectivity index (χ2v) is 12.6. The van der Waals surface area contributed by atoms with Crippen LogP contribution in [0.4, 0.5) is 0 Å². The van der Waals surface area contributed by atoms with Crippen molar-refractivity contribution in [1.82, 2.24) is 15.5 Å². The van der Waals surface area contributed by atoms with Crippen LogP contribution in [0.3, 0.4) is 0 Å². The van der Waals surface area contributed by atoms with Gasteiger partial charge >= 0.3 is 29.8 Å². The van der Waals surface area contributed by atoms with Crippen LogP contribution in [-0.4, -0.2) is 93.1 Å². The number of rotatable bonds is 13. The van der Waals surface area contributed by atoms with Gasteiger partial charge in [-0.2, -0.15) is 0 Å². The van der Waals surface area contributed by atoms with Crippen molar-refractivity contribution in [1.29, 1.82) is 0 Å². The number of carbonyl (C=O) groups is 8. The second-order valence-electron chi connectivity index (χ2n) is 11.5. The zero-order chi connectivity index (χ0) is 39.4. The van der Waals surface area contributed by atoms with Crippen molar-refractivity contribution in [2.45, 2.75) is 38.2 Å². The number of aliphatic carboxylic acids is 2. The molecule has 0 aliphatic carbocycles. The minimum absolute atomic E-state index is 0.0486. The third-order valence-electron chi connectivity index (χ3n) is 7.71. The van der Waals surface area contributed by atoms with E-state index in [0.717, 1.165) is 55.8 Å². The average molecular weight is 768 g/mol. The molecule has 282 valence electrons. The Morgan fingerprint density at radius 1 is 0.944 bits per heavy atom. The van der Waals surface area contributed by atoms with Crippen molar-refractivity contribution in [3.63, 3.8) is 0 Å². The number of carboxylic acid groups (broad SMARTS) is 2. The Bertz CT molecular complexity index is 2190. The lowest BCUT2D eigenvalue weighted by Gasteiger charge is -2.49. The number of hydrogen-bond donors (Lipinski definition) is 4. The summed E-state index contributed by atoms with van der Waals surface area (Å²) in [6.45, 7) is 2.25. The van der Waals surface area contributed by atoms with Crippen LogP contribution in [0.2, 0.25) is 0 Å². The average Bonchev–Trinajstić information content (AvgIpc) is 3.11. The van der Waals surface area contributed by atoms with E-state index in [1.807, 2.05) is 0 Å². The maximum atomic E-state index is 13.9. The maximum absolute atomic E-state index is 13.9. The lowest BCUT2D eigenvalue weighted by Crippen LogP contribution is -2.71. The molecular formula is C34H29N3O16S. The molecule has 0 spiro atoms. The minimum atomic E-state index is -1.62. The number of esters is 3. The van der Waals surface area contributed by atoms with Gasteiger partial charge in [0.2, 0.25) is 17.1 Å². The van der Waals surface area contributed by atoms with Gasteiger partial charge in [-0.25, -0.2) is 9.59 Å². The molecule has 1 fully saturated rings. The number of thioether (sulfide) groups is 1. The topological polar surface area (TPSA) is 271 Å². The molecule has 1 unspecified atom stereocenters. The normalized spacial score (nSPS) is 16.6. The number of benzene rings is 2. The van der Waals surface area contributed by atoms with E-state index in [-0.39, 0.29) is 46.0 Å². The van der Waals surface area contributed by atoms with E-state index < -0.39 is 94.1 Å². The Morgan fingerprint density at radius 2 is 1.63 bits per heavy atom. The summed E-state index contributed by atoms with van der Waals surface area (Å²) in [7, 11) is 0. The molecule has 0 bridgehead atoms. The molecule has 19 nitrogen and oxygen atoms in total. The number of fused-ring (bicyclic) bond motifs is 2. The standard InChI is InChI=1S/C34H29N3O16S/c1-14(38)49-10-18-13-54-33-25(32(46)37(33)26(18)34(47)48)36-31(45)24(17-4-6-19(7-5-17)50-12-23(41)42)35-30(44)21-11-51-28-20(27(21)43)8-9-22(52-15(2)39)29(28)53-16(3)40/h4-9,11,24-25,33H,10,12-13H2,1-3H3,(H,35,44)(H,36,45)(H,41,42)(H,47,48)/t24?,25-,33+/m1/s1. The van der Waals surface area contributed by atoms with Gasteiger partial charge in [-0.15, -0.1) is 11.8 Å². The molecule has 1 aromatic heterocycles. The minimum Gasteiger partial charge on any atom is -0.482 e. The Morgan fingerprint density at radius 3 is 2.24 bits per heavy atom. The zero-order valence-electron chi connectivity index (χ0n) is 28.4. The van der Waals surface area contributed by atoms with Crippen LogP contribution in [0.25, 0.3) is 11.0 Å². The van der Waals surface area contributed by atoms with Crippen LogP contribution >= 0.6 is 11.8 Å². The SMILES string of the molecule is CC(=O)OCC1=C(C(=O)O)N2C(=O)[C@@H](NC(=O)C(NC(=O)c3coc4c(OC(C)=O)c(OC(C)=O)ccc4c3=O)c3ccc(OCC(=O)O)cc3)[C@@H]2SC1. The van der Waals surface area contributed by atoms with Crippen LogP contribution in [0.5, 0.6) is 17.2 Å². The first-order valence-corrected chi connectivity index (χ1v) is 16.7. The molecule has 4 N–H and O–H groups in total. The van der Waals surface area contributed by atoms with Crippen LogP contribution in [0, 0.1) is 0 Å². The van der Waals surface area contributed by atoms with Gasteiger partial charge in [0.25, 0.3) is 11.8 Å². The molecule has 5 rings (SSSR count). The smallest absolute Gasteiger partial charge is 0.352 e. The van der Waals surface area contributed by atoms with Crippen molar-refractivity contribution >= 4 is 70.3 Å². The van der Waals surface area contributed by atoms with Gasteiger partial charge in [-0.1, -0.05) is 12.1 Å². The quantitative estimate of drug-likeness (QED) is 0.107. The van der Waals surface area contributed by atoms with Crippen LogP contribution in [0.1, 0.15) is 42.7 Å². The summed E-state index contributed by atoms with van der Waals surface area (Å²) >= 11 is 1.10. The Labute approximate surface area is 307 Å². The van der Waals surface area contributed by atoms with Crippen molar-refractivity contribution in [3.8, 4) is 17.2 Å². The Kier molecular flexibility index (Phi) is 11.3. The molecule has 2 aromatic carbocycles. The van der Waals surface area contributed by atoms with E-state index in [2.05, 4.69) is 10.6 Å². The Hall–Kier alpha value is -6.70. The van der Waals surface area contributed by atoms with E-state index in [4.69, 9.17) is 28.5 Å². The molecule has 2 aliphatic heterocycles. The predicted octanol–water partition coefficient (Wildman–Crippen LogP) is 0.880. The fourth-order valence-electron chi connectivity index (χ4n) is 5.42. The van der Waals surface area contributed by atoms with Gasteiger partial charge in [0.05, 0.1) is 5.39 Å². The highest BCUT2D eigenvalue weighted by atomic mass is 32.2.